The van der Waals surface area contributed by atoms with Gasteiger partial charge in [0.2, 0.25) is 0 Å². The Morgan fingerprint density at radius 3 is 2.30 bits per heavy atom. The molecule has 0 nitrogen and oxygen atoms in total. The van der Waals surface area contributed by atoms with Crippen LogP contribution in [0.2, 0.25) is 0 Å². The van der Waals surface area contributed by atoms with E-state index in [1.54, 1.807) is 0 Å². The zero-order valence-corrected chi connectivity index (χ0v) is 7.74. The molecule has 0 aromatic carbocycles. The summed E-state index contributed by atoms with van der Waals surface area (Å²) in [4.78, 5) is 0. The summed E-state index contributed by atoms with van der Waals surface area (Å²) >= 11 is 0. The largest absolute Gasteiger partial charge is 0.0654 e. The Hall–Kier alpha value is 0. The summed E-state index contributed by atoms with van der Waals surface area (Å²) in [5, 5.41) is 0. The molecule has 0 aliphatic rings. The van der Waals surface area contributed by atoms with Crippen molar-refractivity contribution >= 4 is 0 Å². The number of unbranched alkanes of at least 4 members (excludes halogenated alkanes) is 3. The minimum atomic E-state index is 0.501. The lowest BCUT2D eigenvalue weighted by molar-refractivity contribution is 0.358. The summed E-state index contributed by atoms with van der Waals surface area (Å²) in [6.07, 6.45) is 6.31. The molecule has 0 amide bonds. The van der Waals surface area contributed by atoms with E-state index < -0.39 is 0 Å². The van der Waals surface area contributed by atoms with Crippen LogP contribution in [0.25, 0.3) is 0 Å². The lowest BCUT2D eigenvalue weighted by Crippen LogP contribution is -2.03. The molecule has 0 aliphatic carbocycles. The highest BCUT2D eigenvalue weighted by molar-refractivity contribution is 4.60. The number of rotatable bonds is 4. The molecule has 0 unspecified atom stereocenters. The van der Waals surface area contributed by atoms with E-state index >= 15 is 0 Å². The standard InChI is InChI=1S/C10H22/c1-5-6-7-8-9-10(2,3)4/h5-9H2,1-4H3/i1D. The highest BCUT2D eigenvalue weighted by atomic mass is 14.1. The van der Waals surface area contributed by atoms with Crippen molar-refractivity contribution in [2.75, 3.05) is 0 Å². The van der Waals surface area contributed by atoms with Gasteiger partial charge in [-0.15, -0.1) is 0 Å². The van der Waals surface area contributed by atoms with Gasteiger partial charge in [0, 0.05) is 1.37 Å². The average Bonchev–Trinajstić information content (AvgIpc) is 1.85. The van der Waals surface area contributed by atoms with Gasteiger partial charge in [-0.2, -0.15) is 0 Å². The minimum Gasteiger partial charge on any atom is -0.0654 e. The van der Waals surface area contributed by atoms with Crippen LogP contribution < -0.4 is 0 Å². The fourth-order valence-corrected chi connectivity index (χ4v) is 1.01. The first-order valence-electron chi connectivity index (χ1n) is 5.06. The van der Waals surface area contributed by atoms with Crippen molar-refractivity contribution in [3.05, 3.63) is 0 Å². The van der Waals surface area contributed by atoms with Crippen LogP contribution in [-0.2, 0) is 0 Å². The Balaban J connectivity index is 3.02. The predicted octanol–water partition coefficient (Wildman–Crippen LogP) is 4.00. The topological polar surface area (TPSA) is 0 Å². The Morgan fingerprint density at radius 1 is 1.10 bits per heavy atom. The van der Waals surface area contributed by atoms with E-state index in [-0.39, 0.29) is 0 Å². The van der Waals surface area contributed by atoms with E-state index in [9.17, 15) is 0 Å². The molecule has 0 saturated carbocycles. The predicted molar refractivity (Wildman–Crippen MR) is 48.2 cm³/mol. The molecule has 10 heavy (non-hydrogen) atoms. The fourth-order valence-electron chi connectivity index (χ4n) is 1.01. The quantitative estimate of drug-likeness (QED) is 0.522. The van der Waals surface area contributed by atoms with Gasteiger partial charge in [0.25, 0.3) is 0 Å². The van der Waals surface area contributed by atoms with Gasteiger partial charge in [0.15, 0.2) is 0 Å². The molecule has 0 aliphatic heterocycles. The second-order valence-electron chi connectivity index (χ2n) is 4.22. The third-order valence-corrected chi connectivity index (χ3v) is 1.68. The maximum atomic E-state index is 6.96. The number of hydrogen-bond acceptors (Lipinski definition) is 0. The van der Waals surface area contributed by atoms with Crippen molar-refractivity contribution in [2.45, 2.75) is 59.8 Å². The Labute approximate surface area is 67.4 Å². The van der Waals surface area contributed by atoms with Gasteiger partial charge in [-0.3, -0.25) is 0 Å². The van der Waals surface area contributed by atoms with E-state index in [1.165, 1.54) is 25.7 Å². The SMILES string of the molecule is [2H]CCCCCCC(C)(C)C. The summed E-state index contributed by atoms with van der Waals surface area (Å²) in [6, 6.07) is 0. The van der Waals surface area contributed by atoms with Crippen LogP contribution >= 0.6 is 0 Å². The first kappa shape index (κ1) is 8.10. The smallest absolute Gasteiger partial charge is 0.0230 e. The molecule has 0 fully saturated rings. The van der Waals surface area contributed by atoms with Crippen molar-refractivity contribution in [3.63, 3.8) is 0 Å². The van der Waals surface area contributed by atoms with E-state index in [0.717, 1.165) is 6.42 Å². The van der Waals surface area contributed by atoms with Gasteiger partial charge in [-0.05, 0) is 11.8 Å². The molecular weight excluding hydrogens is 120 g/mol. The van der Waals surface area contributed by atoms with E-state index in [0.29, 0.717) is 12.3 Å². The third kappa shape index (κ3) is 8.00. The molecule has 0 bridgehead atoms. The average molecular weight is 143 g/mol. The molecule has 0 aromatic heterocycles. The summed E-state index contributed by atoms with van der Waals surface area (Å²) in [7, 11) is 0. The Bertz CT molecular complexity index is 81.4. The van der Waals surface area contributed by atoms with Gasteiger partial charge >= 0.3 is 0 Å². The van der Waals surface area contributed by atoms with Crippen molar-refractivity contribution < 1.29 is 1.37 Å². The zero-order chi connectivity index (χ0) is 8.74. The van der Waals surface area contributed by atoms with Crippen molar-refractivity contribution in [1.82, 2.24) is 0 Å². The molecule has 0 N–H and O–H groups in total. The molecular formula is C10H22. The molecule has 0 heteroatoms. The van der Waals surface area contributed by atoms with Crippen LogP contribution in [0.5, 0.6) is 0 Å². The Kier molecular flexibility index (Phi) is 3.86. The lowest BCUT2D eigenvalue weighted by Gasteiger charge is -2.17. The van der Waals surface area contributed by atoms with Crippen LogP contribution in [-0.4, -0.2) is 0 Å². The second kappa shape index (κ2) is 4.76. The molecule has 0 radical (unpaired) electrons. The van der Waals surface area contributed by atoms with Crippen LogP contribution in [0.15, 0.2) is 0 Å². The summed E-state index contributed by atoms with van der Waals surface area (Å²) in [6.45, 7) is 7.47. The van der Waals surface area contributed by atoms with Gasteiger partial charge < -0.3 is 0 Å². The van der Waals surface area contributed by atoms with Crippen LogP contribution in [0.1, 0.15) is 61.1 Å². The van der Waals surface area contributed by atoms with Crippen LogP contribution in [0.4, 0.5) is 0 Å². The molecule has 0 saturated heterocycles. The third-order valence-electron chi connectivity index (χ3n) is 1.68. The van der Waals surface area contributed by atoms with Crippen molar-refractivity contribution in [1.29, 1.82) is 0 Å². The first-order valence-corrected chi connectivity index (χ1v) is 4.35. The molecule has 0 atom stereocenters. The summed E-state index contributed by atoms with van der Waals surface area (Å²) in [5.74, 6) is 0. The first-order chi connectivity index (χ1) is 5.06. The molecule has 0 spiro atoms. The van der Waals surface area contributed by atoms with E-state index in [4.69, 9.17) is 1.37 Å². The minimum absolute atomic E-state index is 0.501. The monoisotopic (exact) mass is 143 g/mol. The van der Waals surface area contributed by atoms with E-state index in [2.05, 4.69) is 20.8 Å². The highest BCUT2D eigenvalue weighted by Gasteiger charge is 2.08. The molecule has 62 valence electrons. The zero-order valence-electron chi connectivity index (χ0n) is 8.74. The molecule has 0 aromatic rings. The Morgan fingerprint density at radius 2 is 1.80 bits per heavy atom. The second-order valence-corrected chi connectivity index (χ2v) is 4.22. The fraction of sp³-hybridized carbons (Fsp3) is 1.00. The molecule has 0 rings (SSSR count). The highest BCUT2D eigenvalue weighted by Crippen LogP contribution is 2.22. The van der Waals surface area contributed by atoms with Gasteiger partial charge in [0.1, 0.15) is 0 Å². The summed E-state index contributed by atoms with van der Waals surface area (Å²) < 4.78 is 6.96. The number of hydrogen-bond donors (Lipinski definition) is 0. The van der Waals surface area contributed by atoms with Gasteiger partial charge in [0.05, 0.1) is 0 Å². The molecule has 0 heterocycles. The maximum Gasteiger partial charge on any atom is 0.0230 e. The van der Waals surface area contributed by atoms with Crippen molar-refractivity contribution in [3.8, 4) is 0 Å². The summed E-state index contributed by atoms with van der Waals surface area (Å²) in [5.41, 5.74) is 0.501. The van der Waals surface area contributed by atoms with Gasteiger partial charge in [-0.25, -0.2) is 0 Å². The normalized spacial score (nSPS) is 13.3. The van der Waals surface area contributed by atoms with Crippen LogP contribution in [0, 0.1) is 5.41 Å². The van der Waals surface area contributed by atoms with Crippen molar-refractivity contribution in [2.24, 2.45) is 5.41 Å². The maximum absolute atomic E-state index is 6.96. The van der Waals surface area contributed by atoms with Gasteiger partial charge in [-0.1, -0.05) is 53.4 Å². The van der Waals surface area contributed by atoms with E-state index in [1.807, 2.05) is 0 Å². The lowest BCUT2D eigenvalue weighted by atomic mass is 9.89. The van der Waals surface area contributed by atoms with Crippen LogP contribution in [0.3, 0.4) is 0 Å².